The van der Waals surface area contributed by atoms with Crippen LogP contribution >= 0.6 is 0 Å². The van der Waals surface area contributed by atoms with Crippen molar-refractivity contribution in [1.29, 1.82) is 0 Å². The highest BCUT2D eigenvalue weighted by atomic mass is 16.5. The van der Waals surface area contributed by atoms with E-state index in [1.807, 2.05) is 12.7 Å². The molecule has 0 aromatic carbocycles. The average molecular weight is 413 g/mol. The van der Waals surface area contributed by atoms with Gasteiger partial charge in [0.25, 0.3) is 0 Å². The Bertz CT molecular complexity index is 714. The zero-order valence-electron chi connectivity index (χ0n) is 19.8. The van der Waals surface area contributed by atoms with Crippen LogP contribution < -0.4 is 0 Å². The van der Waals surface area contributed by atoms with Crippen LogP contribution in [0.15, 0.2) is 23.3 Å². The van der Waals surface area contributed by atoms with Gasteiger partial charge in [-0.15, -0.1) is 0 Å². The van der Waals surface area contributed by atoms with Gasteiger partial charge >= 0.3 is 0 Å². The van der Waals surface area contributed by atoms with E-state index in [0.29, 0.717) is 22.9 Å². The molecule has 30 heavy (non-hydrogen) atoms. The molecule has 0 saturated heterocycles. The van der Waals surface area contributed by atoms with Gasteiger partial charge in [0.05, 0.1) is 12.2 Å². The van der Waals surface area contributed by atoms with Crippen molar-refractivity contribution in [3.8, 4) is 0 Å². The first kappa shape index (κ1) is 21.3. The number of aliphatic hydroxyl groups is 1. The Labute approximate surface area is 184 Å². The van der Waals surface area contributed by atoms with E-state index in [-0.39, 0.29) is 6.10 Å². The lowest BCUT2D eigenvalue weighted by molar-refractivity contribution is -0.0549. The smallest absolute Gasteiger partial charge is 0.0577 e. The summed E-state index contributed by atoms with van der Waals surface area (Å²) in [6.45, 7) is 7.61. The molecule has 5 aliphatic rings. The summed E-state index contributed by atoms with van der Waals surface area (Å²) in [6, 6.07) is 0. The van der Waals surface area contributed by atoms with Crippen molar-refractivity contribution in [1.82, 2.24) is 0 Å². The fraction of sp³-hybridized carbons (Fsp3) is 0.857. The Balaban J connectivity index is 1.42. The lowest BCUT2D eigenvalue weighted by Crippen LogP contribution is -2.53. The zero-order chi connectivity index (χ0) is 21.1. The van der Waals surface area contributed by atoms with Crippen LogP contribution in [0.25, 0.3) is 0 Å². The molecule has 168 valence electrons. The maximum atomic E-state index is 10.4. The van der Waals surface area contributed by atoms with Crippen molar-refractivity contribution in [2.45, 2.75) is 104 Å². The first-order valence-corrected chi connectivity index (χ1v) is 13.0. The minimum absolute atomic E-state index is 0.103. The summed E-state index contributed by atoms with van der Waals surface area (Å²) >= 11 is 0. The van der Waals surface area contributed by atoms with Crippen LogP contribution in [0.2, 0.25) is 0 Å². The summed E-state index contributed by atoms with van der Waals surface area (Å²) in [5, 5.41) is 10.4. The predicted molar refractivity (Wildman–Crippen MR) is 123 cm³/mol. The quantitative estimate of drug-likeness (QED) is 0.523. The van der Waals surface area contributed by atoms with Crippen LogP contribution in [-0.4, -0.2) is 24.4 Å². The Morgan fingerprint density at radius 2 is 1.73 bits per heavy atom. The van der Waals surface area contributed by atoms with Crippen LogP contribution in [-0.2, 0) is 4.74 Å². The highest BCUT2D eigenvalue weighted by Gasteiger charge is 2.59. The maximum absolute atomic E-state index is 10.4. The summed E-state index contributed by atoms with van der Waals surface area (Å²) in [6.07, 6.45) is 19.4. The molecule has 5 aliphatic carbocycles. The van der Waals surface area contributed by atoms with Gasteiger partial charge in [-0.3, -0.25) is 0 Å². The number of allylic oxidation sites excluding steroid dienone is 3. The monoisotopic (exact) mass is 412 g/mol. The normalized spacial score (nSPS) is 50.8. The van der Waals surface area contributed by atoms with Crippen molar-refractivity contribution in [2.24, 2.45) is 40.4 Å². The van der Waals surface area contributed by atoms with E-state index >= 15 is 0 Å². The van der Waals surface area contributed by atoms with Crippen LogP contribution in [0, 0.1) is 40.4 Å². The summed E-state index contributed by atoms with van der Waals surface area (Å²) in [5.74, 6) is 4.01. The number of hydrogen-bond donors (Lipinski definition) is 1. The van der Waals surface area contributed by atoms with E-state index in [9.17, 15) is 5.11 Å². The second kappa shape index (κ2) is 7.77. The van der Waals surface area contributed by atoms with Crippen LogP contribution in [0.3, 0.4) is 0 Å². The molecule has 0 aliphatic heterocycles. The van der Waals surface area contributed by atoms with Gasteiger partial charge < -0.3 is 9.84 Å². The van der Waals surface area contributed by atoms with Crippen molar-refractivity contribution in [3.05, 3.63) is 23.3 Å². The zero-order valence-corrected chi connectivity index (χ0v) is 19.8. The fourth-order valence-corrected chi connectivity index (χ4v) is 9.04. The summed E-state index contributed by atoms with van der Waals surface area (Å²) < 4.78 is 5.66. The molecule has 7 atom stereocenters. The molecule has 2 nitrogen and oxygen atoms in total. The van der Waals surface area contributed by atoms with Crippen molar-refractivity contribution >= 4 is 0 Å². The van der Waals surface area contributed by atoms with Crippen LogP contribution in [0.1, 0.15) is 91.4 Å². The topological polar surface area (TPSA) is 29.5 Å². The number of hydrogen-bond acceptors (Lipinski definition) is 2. The number of ether oxygens (including phenoxy) is 1. The average Bonchev–Trinajstić information content (AvgIpc) is 3.11. The number of methoxy groups -OCH3 is 1. The van der Waals surface area contributed by atoms with E-state index in [1.165, 1.54) is 57.8 Å². The number of aliphatic hydroxyl groups excluding tert-OH is 1. The lowest BCUT2D eigenvalue weighted by Gasteiger charge is -2.60. The first-order chi connectivity index (χ1) is 14.4. The third kappa shape index (κ3) is 3.11. The second-order valence-corrected chi connectivity index (χ2v) is 11.9. The number of rotatable bonds is 3. The fourth-order valence-electron chi connectivity index (χ4n) is 9.04. The van der Waals surface area contributed by atoms with Crippen LogP contribution in [0.4, 0.5) is 0 Å². The molecule has 0 bridgehead atoms. The highest BCUT2D eigenvalue weighted by molar-refractivity contribution is 5.32. The van der Waals surface area contributed by atoms with Gasteiger partial charge in [0.15, 0.2) is 0 Å². The van der Waals surface area contributed by atoms with Gasteiger partial charge in [-0.1, -0.05) is 44.1 Å². The Hall–Kier alpha value is -0.600. The minimum atomic E-state index is -0.103. The van der Waals surface area contributed by atoms with Crippen molar-refractivity contribution in [2.75, 3.05) is 7.11 Å². The van der Waals surface area contributed by atoms with E-state index < -0.39 is 0 Å². The summed E-state index contributed by atoms with van der Waals surface area (Å²) in [5.41, 5.74) is 4.22. The lowest BCUT2D eigenvalue weighted by atomic mass is 9.44. The van der Waals surface area contributed by atoms with Gasteiger partial charge in [-0.2, -0.15) is 0 Å². The van der Waals surface area contributed by atoms with E-state index in [1.54, 1.807) is 5.57 Å². The van der Waals surface area contributed by atoms with Crippen molar-refractivity contribution < 1.29 is 9.84 Å². The molecule has 0 aromatic rings. The molecule has 0 radical (unpaired) electrons. The molecule has 0 spiro atoms. The molecule has 1 N–H and O–H groups in total. The van der Waals surface area contributed by atoms with Gasteiger partial charge in [0, 0.05) is 7.11 Å². The number of fused-ring (bicyclic) bond motifs is 5. The molecular formula is C28H44O2. The molecule has 2 heteroatoms. The highest BCUT2D eigenvalue weighted by Crippen LogP contribution is 2.67. The maximum Gasteiger partial charge on any atom is 0.0577 e. The van der Waals surface area contributed by atoms with Crippen LogP contribution in [0.5, 0.6) is 0 Å². The third-order valence-corrected chi connectivity index (χ3v) is 10.8. The van der Waals surface area contributed by atoms with Gasteiger partial charge in [-0.05, 0) is 111 Å². The predicted octanol–water partition coefficient (Wildman–Crippen LogP) is 6.69. The molecule has 0 amide bonds. The third-order valence-electron chi connectivity index (χ3n) is 10.8. The van der Waals surface area contributed by atoms with E-state index in [4.69, 9.17) is 4.74 Å². The minimum Gasteiger partial charge on any atom is -0.393 e. The molecule has 3 saturated carbocycles. The molecular weight excluding hydrogens is 368 g/mol. The molecule has 3 fully saturated rings. The first-order valence-electron chi connectivity index (χ1n) is 13.0. The summed E-state index contributed by atoms with van der Waals surface area (Å²) in [7, 11) is 1.89. The molecule has 0 heterocycles. The Kier molecular flexibility index (Phi) is 5.50. The SMILES string of the molecule is CC[C@H]1C=C2C[C@H](O)CC[C@]2(C)[C@H]2CC[C@]3(C)C(C4CCC(OC)CC4)=CC[C@H]3[C@H]12. The molecule has 0 aromatic heterocycles. The van der Waals surface area contributed by atoms with Gasteiger partial charge in [0.2, 0.25) is 0 Å². The largest absolute Gasteiger partial charge is 0.393 e. The molecule has 0 unspecified atom stereocenters. The van der Waals surface area contributed by atoms with Gasteiger partial charge in [-0.25, -0.2) is 0 Å². The van der Waals surface area contributed by atoms with E-state index in [0.717, 1.165) is 36.5 Å². The van der Waals surface area contributed by atoms with Gasteiger partial charge in [0.1, 0.15) is 0 Å². The van der Waals surface area contributed by atoms with E-state index in [2.05, 4.69) is 32.9 Å². The molecule has 5 rings (SSSR count). The second-order valence-electron chi connectivity index (χ2n) is 11.9. The van der Waals surface area contributed by atoms with Crippen molar-refractivity contribution in [3.63, 3.8) is 0 Å². The Morgan fingerprint density at radius 1 is 1.00 bits per heavy atom. The summed E-state index contributed by atoms with van der Waals surface area (Å²) in [4.78, 5) is 0. The standard InChI is InChI=1S/C28H44O2/c1-5-18-16-20-17-21(29)12-14-27(20,2)25-13-15-28(3)23(10-11-24(28)26(18)25)19-6-8-22(30-4)9-7-19/h10,16,18-19,21-22,24-26,29H,5-9,11-15,17H2,1-4H3/t18-,19?,21+,22?,24-,25-,26-,27-,28+/m0/s1. The Morgan fingerprint density at radius 3 is 2.43 bits per heavy atom.